The lowest BCUT2D eigenvalue weighted by Gasteiger charge is -2.11. The van der Waals surface area contributed by atoms with E-state index in [1.165, 1.54) is 6.07 Å². The molecule has 0 aliphatic heterocycles. The van der Waals surface area contributed by atoms with E-state index < -0.39 is 0 Å². The molecule has 26 heavy (non-hydrogen) atoms. The van der Waals surface area contributed by atoms with Crippen LogP contribution in [0.5, 0.6) is 5.88 Å². The van der Waals surface area contributed by atoms with Gasteiger partial charge in [0.15, 0.2) is 5.05 Å². The predicted molar refractivity (Wildman–Crippen MR) is 110 cm³/mol. The van der Waals surface area contributed by atoms with Crippen LogP contribution in [-0.4, -0.2) is 20.6 Å². The molecule has 0 saturated carbocycles. The van der Waals surface area contributed by atoms with Crippen LogP contribution < -0.4 is 4.74 Å². The lowest BCUT2D eigenvalue weighted by molar-refractivity contribution is 0.103. The van der Waals surface area contributed by atoms with Crippen LogP contribution >= 0.6 is 35.4 Å². The summed E-state index contributed by atoms with van der Waals surface area (Å²) in [4.78, 5) is 13.1. The van der Waals surface area contributed by atoms with Crippen LogP contribution in [0.2, 0.25) is 10.0 Å². The predicted octanol–water partition coefficient (Wildman–Crippen LogP) is 5.81. The van der Waals surface area contributed by atoms with Gasteiger partial charge in [-0.05, 0) is 43.8 Å². The molecule has 1 heterocycles. The monoisotopic (exact) mass is 410 g/mol. The number of carbonyl (C=O) groups is 1. The zero-order chi connectivity index (χ0) is 19.3. The van der Waals surface area contributed by atoms with E-state index in [0.717, 1.165) is 12.8 Å². The topological polar surface area (TPSA) is 44.1 Å². The highest BCUT2D eigenvalue weighted by atomic mass is 35.5. The Kier molecular flexibility index (Phi) is 7.38. The Hall–Kier alpha value is -1.69. The Morgan fingerprint density at radius 3 is 2.77 bits per heavy atom. The van der Waals surface area contributed by atoms with Crippen LogP contribution in [0.15, 0.2) is 30.9 Å². The highest BCUT2D eigenvalue weighted by molar-refractivity contribution is 7.80. The molecule has 2 aromatic rings. The van der Waals surface area contributed by atoms with Crippen molar-refractivity contribution in [2.24, 2.45) is 0 Å². The van der Waals surface area contributed by atoms with Crippen molar-refractivity contribution in [1.29, 1.82) is 0 Å². The largest absolute Gasteiger partial charge is 0.431 e. The third-order valence-electron chi connectivity index (χ3n) is 3.73. The molecule has 0 saturated heterocycles. The minimum atomic E-state index is -0.284. The van der Waals surface area contributed by atoms with Gasteiger partial charge in [0.1, 0.15) is 5.56 Å². The SMILES string of the molecule is C=CCn1nc(C)c(C(=O)c2ccc(Cl)cc2Cl)c1OC(=S)CCCC. The number of halogens is 2. The Morgan fingerprint density at radius 1 is 1.42 bits per heavy atom. The number of ether oxygens (including phenoxy) is 1. The second-order valence-corrected chi connectivity index (χ2v) is 7.07. The van der Waals surface area contributed by atoms with Gasteiger partial charge in [-0.3, -0.25) is 4.79 Å². The first-order chi connectivity index (χ1) is 12.4. The van der Waals surface area contributed by atoms with E-state index >= 15 is 0 Å². The maximum atomic E-state index is 13.1. The summed E-state index contributed by atoms with van der Waals surface area (Å²) in [6, 6.07) is 4.75. The van der Waals surface area contributed by atoms with Crippen molar-refractivity contribution < 1.29 is 9.53 Å². The summed E-state index contributed by atoms with van der Waals surface area (Å²) in [5.41, 5.74) is 1.22. The van der Waals surface area contributed by atoms with Gasteiger partial charge in [-0.25, -0.2) is 4.68 Å². The fraction of sp³-hybridized carbons (Fsp3) is 0.316. The molecule has 0 amide bonds. The minimum absolute atomic E-state index is 0.276. The van der Waals surface area contributed by atoms with Crippen molar-refractivity contribution in [3.8, 4) is 5.88 Å². The summed E-state index contributed by atoms with van der Waals surface area (Å²) in [5, 5.41) is 5.56. The van der Waals surface area contributed by atoms with Crippen molar-refractivity contribution in [2.75, 3.05) is 0 Å². The van der Waals surface area contributed by atoms with Crippen molar-refractivity contribution in [3.05, 3.63) is 57.7 Å². The normalized spacial score (nSPS) is 10.6. The number of hydrogen-bond donors (Lipinski definition) is 0. The molecule has 1 aromatic carbocycles. The summed E-state index contributed by atoms with van der Waals surface area (Å²) in [6.07, 6.45) is 4.23. The number of hydrogen-bond acceptors (Lipinski definition) is 4. The van der Waals surface area contributed by atoms with E-state index in [2.05, 4.69) is 18.6 Å². The van der Waals surface area contributed by atoms with Gasteiger partial charge >= 0.3 is 0 Å². The molecule has 0 aliphatic carbocycles. The number of nitrogens with zero attached hydrogens (tertiary/aromatic N) is 2. The van der Waals surface area contributed by atoms with Gasteiger partial charge in [-0.1, -0.05) is 42.6 Å². The van der Waals surface area contributed by atoms with Gasteiger partial charge in [0.05, 0.1) is 17.3 Å². The molecule has 4 nitrogen and oxygen atoms in total. The zero-order valence-corrected chi connectivity index (χ0v) is 17.0. The second kappa shape index (κ2) is 9.31. The summed E-state index contributed by atoms with van der Waals surface area (Å²) in [7, 11) is 0. The standard InChI is InChI=1S/C19H20Cl2N2O2S/c1-4-6-7-16(26)25-19-17(12(3)22-23(19)10-5-2)18(24)14-9-8-13(20)11-15(14)21/h5,8-9,11H,2,4,6-7,10H2,1,3H3. The lowest BCUT2D eigenvalue weighted by Crippen LogP contribution is -2.13. The van der Waals surface area contributed by atoms with E-state index in [0.29, 0.717) is 45.7 Å². The van der Waals surface area contributed by atoms with Gasteiger partial charge in [-0.2, -0.15) is 5.10 Å². The molecule has 0 N–H and O–H groups in total. The molecule has 0 radical (unpaired) electrons. The third kappa shape index (κ3) is 4.72. The van der Waals surface area contributed by atoms with E-state index in [9.17, 15) is 4.79 Å². The molecule has 0 unspecified atom stereocenters. The zero-order valence-electron chi connectivity index (χ0n) is 14.7. The van der Waals surface area contributed by atoms with Gasteiger partial charge < -0.3 is 4.74 Å². The molecule has 0 bridgehead atoms. The minimum Gasteiger partial charge on any atom is -0.431 e. The number of aryl methyl sites for hydroxylation is 1. The van der Waals surface area contributed by atoms with Crippen molar-refractivity contribution >= 4 is 46.3 Å². The third-order valence-corrected chi connectivity index (χ3v) is 4.57. The maximum absolute atomic E-state index is 13.1. The van der Waals surface area contributed by atoms with Crippen LogP contribution in [0, 0.1) is 6.92 Å². The molecule has 138 valence electrons. The van der Waals surface area contributed by atoms with E-state index in [1.807, 2.05) is 0 Å². The van der Waals surface area contributed by atoms with Crippen LogP contribution in [-0.2, 0) is 6.54 Å². The van der Waals surface area contributed by atoms with Gasteiger partial charge in [0, 0.05) is 17.0 Å². The van der Waals surface area contributed by atoms with E-state index in [4.69, 9.17) is 40.2 Å². The fourth-order valence-electron chi connectivity index (χ4n) is 2.46. The molecule has 0 spiro atoms. The van der Waals surface area contributed by atoms with Crippen LogP contribution in [0.25, 0.3) is 0 Å². The average molecular weight is 411 g/mol. The quantitative estimate of drug-likeness (QED) is 0.312. The Balaban J connectivity index is 2.47. The highest BCUT2D eigenvalue weighted by Crippen LogP contribution is 2.30. The molecule has 7 heteroatoms. The number of aromatic nitrogens is 2. The molecular formula is C19H20Cl2N2O2S. The summed E-state index contributed by atoms with van der Waals surface area (Å²) in [6.45, 7) is 7.94. The number of benzene rings is 1. The van der Waals surface area contributed by atoms with Gasteiger partial charge in [0.25, 0.3) is 0 Å². The number of ketones is 1. The first-order valence-electron chi connectivity index (χ1n) is 8.27. The number of thiocarbonyl (C=S) groups is 1. The lowest BCUT2D eigenvalue weighted by atomic mass is 10.0. The second-order valence-electron chi connectivity index (χ2n) is 5.77. The summed E-state index contributed by atoms with van der Waals surface area (Å²) >= 11 is 17.5. The Bertz CT molecular complexity index is 846. The molecule has 0 aliphatic rings. The van der Waals surface area contributed by atoms with Crippen LogP contribution in [0.1, 0.15) is 47.8 Å². The number of rotatable bonds is 8. The van der Waals surface area contributed by atoms with Crippen molar-refractivity contribution in [1.82, 2.24) is 9.78 Å². The summed E-state index contributed by atoms with van der Waals surface area (Å²) < 4.78 is 7.43. The number of allylic oxidation sites excluding steroid dienone is 1. The smallest absolute Gasteiger partial charge is 0.230 e. The first kappa shape index (κ1) is 20.6. The molecular weight excluding hydrogens is 391 g/mol. The molecule has 1 aromatic heterocycles. The van der Waals surface area contributed by atoms with Gasteiger partial charge in [-0.15, -0.1) is 6.58 Å². The van der Waals surface area contributed by atoms with Crippen LogP contribution in [0.3, 0.4) is 0 Å². The number of unbranched alkanes of at least 4 members (excludes halogenated alkanes) is 1. The molecule has 0 atom stereocenters. The van der Waals surface area contributed by atoms with Crippen molar-refractivity contribution in [2.45, 2.75) is 39.7 Å². The maximum Gasteiger partial charge on any atom is 0.230 e. The highest BCUT2D eigenvalue weighted by Gasteiger charge is 2.26. The molecule has 2 rings (SSSR count). The number of carbonyl (C=O) groups excluding carboxylic acids is 1. The summed E-state index contributed by atoms with van der Waals surface area (Å²) in [5.74, 6) is 0.0345. The first-order valence-corrected chi connectivity index (χ1v) is 9.44. The average Bonchev–Trinajstić information content (AvgIpc) is 2.88. The Morgan fingerprint density at radius 2 is 2.15 bits per heavy atom. The molecule has 0 fully saturated rings. The van der Waals surface area contributed by atoms with Crippen molar-refractivity contribution in [3.63, 3.8) is 0 Å². The van der Waals surface area contributed by atoms with Gasteiger partial charge in [0.2, 0.25) is 11.7 Å². The Labute approximate surface area is 168 Å². The van der Waals surface area contributed by atoms with E-state index in [1.54, 1.807) is 29.8 Å². The van der Waals surface area contributed by atoms with E-state index in [-0.39, 0.29) is 10.8 Å². The fourth-order valence-corrected chi connectivity index (χ4v) is 3.18. The van der Waals surface area contributed by atoms with Crippen LogP contribution in [0.4, 0.5) is 0 Å².